The number of carbonyl (C=O) groups excluding carboxylic acids is 2. The monoisotopic (exact) mass is 242 g/mol. The number of hydrogen-bond acceptors (Lipinski definition) is 2. The van der Waals surface area contributed by atoms with E-state index in [9.17, 15) is 9.59 Å². The maximum atomic E-state index is 11.6. The van der Waals surface area contributed by atoms with E-state index in [4.69, 9.17) is 0 Å². The lowest BCUT2D eigenvalue weighted by Crippen LogP contribution is -2.46. The van der Waals surface area contributed by atoms with Gasteiger partial charge >= 0.3 is 0 Å². The minimum atomic E-state index is -0.232. The predicted octanol–water partition coefficient (Wildman–Crippen LogP) is 1.80. The van der Waals surface area contributed by atoms with E-state index in [2.05, 4.69) is 19.2 Å². The van der Waals surface area contributed by atoms with Gasteiger partial charge in [-0.15, -0.1) is 0 Å². The molecule has 0 aliphatic rings. The van der Waals surface area contributed by atoms with Crippen LogP contribution in [0, 0.1) is 5.92 Å². The molecule has 17 heavy (non-hydrogen) atoms. The zero-order valence-corrected chi connectivity index (χ0v) is 12.0. The summed E-state index contributed by atoms with van der Waals surface area (Å²) in [5.41, 5.74) is -0.232. The molecule has 4 nitrogen and oxygen atoms in total. The van der Waals surface area contributed by atoms with Gasteiger partial charge in [0.2, 0.25) is 11.8 Å². The Morgan fingerprint density at radius 1 is 1.24 bits per heavy atom. The van der Waals surface area contributed by atoms with Crippen molar-refractivity contribution in [3.8, 4) is 0 Å². The molecular weight excluding hydrogens is 216 g/mol. The summed E-state index contributed by atoms with van der Waals surface area (Å²) in [6.07, 6.45) is 0.365. The smallest absolute Gasteiger partial charge is 0.221 e. The zero-order valence-electron chi connectivity index (χ0n) is 12.0. The highest BCUT2D eigenvalue weighted by Gasteiger charge is 2.23. The van der Waals surface area contributed by atoms with Crippen LogP contribution in [0.15, 0.2) is 0 Å². The first kappa shape index (κ1) is 15.9. The fourth-order valence-electron chi connectivity index (χ4n) is 1.58. The first-order valence-electron chi connectivity index (χ1n) is 6.19. The standard InChI is InChI=1S/C13H26N2O2/c1-10(2)9-14-12(17)7-8-15(11(3)16)13(4,5)6/h10H,7-9H2,1-6H3,(H,14,17). The average Bonchev–Trinajstić information content (AvgIpc) is 2.12. The molecule has 0 saturated heterocycles. The average molecular weight is 242 g/mol. The minimum absolute atomic E-state index is 0.00848. The summed E-state index contributed by atoms with van der Waals surface area (Å²) in [6, 6.07) is 0. The Morgan fingerprint density at radius 3 is 2.12 bits per heavy atom. The van der Waals surface area contributed by atoms with E-state index >= 15 is 0 Å². The third-order valence-corrected chi connectivity index (χ3v) is 2.46. The minimum Gasteiger partial charge on any atom is -0.356 e. The molecule has 0 bridgehead atoms. The summed E-state index contributed by atoms with van der Waals surface area (Å²) in [7, 11) is 0. The lowest BCUT2D eigenvalue weighted by atomic mass is 10.1. The van der Waals surface area contributed by atoms with E-state index in [1.807, 2.05) is 20.8 Å². The van der Waals surface area contributed by atoms with Crippen molar-refractivity contribution in [1.82, 2.24) is 10.2 Å². The Kier molecular flexibility index (Phi) is 6.21. The lowest BCUT2D eigenvalue weighted by Gasteiger charge is -2.34. The van der Waals surface area contributed by atoms with Gasteiger partial charge in [0, 0.05) is 32.0 Å². The molecular formula is C13H26N2O2. The molecule has 0 fully saturated rings. The first-order valence-corrected chi connectivity index (χ1v) is 6.19. The van der Waals surface area contributed by atoms with Gasteiger partial charge in [0.15, 0.2) is 0 Å². The van der Waals surface area contributed by atoms with Crippen LogP contribution < -0.4 is 5.32 Å². The Labute approximate surface area is 105 Å². The Morgan fingerprint density at radius 2 is 1.76 bits per heavy atom. The fraction of sp³-hybridized carbons (Fsp3) is 0.846. The zero-order chi connectivity index (χ0) is 13.6. The van der Waals surface area contributed by atoms with Crippen LogP contribution in [0.2, 0.25) is 0 Å². The second kappa shape index (κ2) is 6.62. The van der Waals surface area contributed by atoms with Gasteiger partial charge in [-0.25, -0.2) is 0 Å². The van der Waals surface area contributed by atoms with Crippen LogP contribution in [0.25, 0.3) is 0 Å². The van der Waals surface area contributed by atoms with Crippen molar-refractivity contribution in [2.75, 3.05) is 13.1 Å². The molecule has 0 rings (SSSR count). The number of rotatable bonds is 5. The Hall–Kier alpha value is -1.06. The molecule has 0 aliphatic heterocycles. The summed E-state index contributed by atoms with van der Waals surface area (Å²) in [5, 5.41) is 2.85. The highest BCUT2D eigenvalue weighted by Crippen LogP contribution is 2.13. The molecule has 0 aromatic heterocycles. The van der Waals surface area contributed by atoms with E-state index in [1.165, 1.54) is 6.92 Å². The molecule has 4 heteroatoms. The molecule has 0 saturated carbocycles. The van der Waals surface area contributed by atoms with Gasteiger partial charge in [-0.3, -0.25) is 9.59 Å². The molecule has 0 aliphatic carbocycles. The molecule has 0 aromatic rings. The van der Waals surface area contributed by atoms with Gasteiger partial charge in [0.05, 0.1) is 0 Å². The van der Waals surface area contributed by atoms with Gasteiger partial charge in [-0.2, -0.15) is 0 Å². The third kappa shape index (κ3) is 6.97. The van der Waals surface area contributed by atoms with Crippen LogP contribution in [-0.2, 0) is 9.59 Å². The van der Waals surface area contributed by atoms with Crippen LogP contribution in [0.5, 0.6) is 0 Å². The van der Waals surface area contributed by atoms with Crippen LogP contribution in [0.4, 0.5) is 0 Å². The van der Waals surface area contributed by atoms with Crippen molar-refractivity contribution in [2.45, 2.75) is 53.5 Å². The summed E-state index contributed by atoms with van der Waals surface area (Å²) in [4.78, 5) is 24.7. The van der Waals surface area contributed by atoms with Gasteiger partial charge in [0.1, 0.15) is 0 Å². The van der Waals surface area contributed by atoms with Gasteiger partial charge in [0.25, 0.3) is 0 Å². The molecule has 0 heterocycles. The molecule has 0 atom stereocenters. The molecule has 2 amide bonds. The van der Waals surface area contributed by atoms with Gasteiger partial charge in [-0.05, 0) is 26.7 Å². The number of amides is 2. The molecule has 100 valence electrons. The number of carbonyl (C=O) groups is 2. The van der Waals surface area contributed by atoms with Crippen LogP contribution in [0.1, 0.15) is 48.0 Å². The first-order chi connectivity index (χ1) is 7.64. The van der Waals surface area contributed by atoms with Gasteiger partial charge < -0.3 is 10.2 Å². The Bertz CT molecular complexity index is 267. The summed E-state index contributed by atoms with van der Waals surface area (Å²) < 4.78 is 0. The second-order valence-corrected chi connectivity index (χ2v) is 5.79. The summed E-state index contributed by atoms with van der Waals surface area (Å²) >= 11 is 0. The summed E-state index contributed by atoms with van der Waals surface area (Å²) in [5.74, 6) is 0.467. The van der Waals surface area contributed by atoms with E-state index < -0.39 is 0 Å². The fourth-order valence-corrected chi connectivity index (χ4v) is 1.58. The van der Waals surface area contributed by atoms with Crippen molar-refractivity contribution in [3.05, 3.63) is 0 Å². The molecule has 0 unspecified atom stereocenters. The van der Waals surface area contributed by atoms with Gasteiger partial charge in [-0.1, -0.05) is 13.8 Å². The van der Waals surface area contributed by atoms with Crippen LogP contribution in [-0.4, -0.2) is 35.3 Å². The maximum Gasteiger partial charge on any atom is 0.221 e. The topological polar surface area (TPSA) is 49.4 Å². The maximum absolute atomic E-state index is 11.6. The third-order valence-electron chi connectivity index (χ3n) is 2.46. The quantitative estimate of drug-likeness (QED) is 0.799. The highest BCUT2D eigenvalue weighted by atomic mass is 16.2. The highest BCUT2D eigenvalue weighted by molar-refractivity contribution is 5.78. The number of nitrogens with zero attached hydrogens (tertiary/aromatic N) is 1. The van der Waals surface area contributed by atoms with Crippen molar-refractivity contribution < 1.29 is 9.59 Å². The number of hydrogen-bond donors (Lipinski definition) is 1. The largest absolute Gasteiger partial charge is 0.356 e. The van der Waals surface area contributed by atoms with Crippen molar-refractivity contribution in [2.24, 2.45) is 5.92 Å². The Balaban J connectivity index is 4.15. The van der Waals surface area contributed by atoms with E-state index in [1.54, 1.807) is 4.90 Å². The normalized spacial score (nSPS) is 11.5. The van der Waals surface area contributed by atoms with Crippen molar-refractivity contribution in [3.63, 3.8) is 0 Å². The molecule has 0 radical (unpaired) electrons. The van der Waals surface area contributed by atoms with Crippen LogP contribution in [0.3, 0.4) is 0 Å². The predicted molar refractivity (Wildman–Crippen MR) is 69.6 cm³/mol. The molecule has 0 aromatic carbocycles. The SMILES string of the molecule is CC(=O)N(CCC(=O)NCC(C)C)C(C)(C)C. The van der Waals surface area contributed by atoms with Crippen LogP contribution >= 0.6 is 0 Å². The van der Waals surface area contributed by atoms with Crippen molar-refractivity contribution in [1.29, 1.82) is 0 Å². The van der Waals surface area contributed by atoms with E-state index in [-0.39, 0.29) is 17.4 Å². The lowest BCUT2D eigenvalue weighted by molar-refractivity contribution is -0.134. The van der Waals surface area contributed by atoms with E-state index in [0.717, 1.165) is 0 Å². The molecule has 1 N–H and O–H groups in total. The number of nitrogens with one attached hydrogen (secondary N) is 1. The summed E-state index contributed by atoms with van der Waals surface area (Å²) in [6.45, 7) is 12.7. The van der Waals surface area contributed by atoms with Crippen molar-refractivity contribution >= 4 is 11.8 Å². The molecule has 0 spiro atoms. The second-order valence-electron chi connectivity index (χ2n) is 5.79. The van der Waals surface area contributed by atoms with E-state index in [0.29, 0.717) is 25.4 Å².